The van der Waals surface area contributed by atoms with Crippen LogP contribution in [0.1, 0.15) is 38.8 Å². The molecule has 0 radical (unpaired) electrons. The fourth-order valence-electron chi connectivity index (χ4n) is 1.90. The van der Waals surface area contributed by atoms with Crippen molar-refractivity contribution in [2.75, 3.05) is 18.0 Å². The van der Waals surface area contributed by atoms with Crippen molar-refractivity contribution < 1.29 is 4.39 Å². The zero-order valence-corrected chi connectivity index (χ0v) is 10.3. The molecule has 1 aromatic rings. The van der Waals surface area contributed by atoms with Gasteiger partial charge in [-0.1, -0.05) is 6.92 Å². The smallest absolute Gasteiger partial charge is 0.123 e. The summed E-state index contributed by atoms with van der Waals surface area (Å²) in [5.74, 6) is -0.219. The Bertz CT molecular complexity index is 337. The summed E-state index contributed by atoms with van der Waals surface area (Å²) in [6.07, 6.45) is 1.07. The average Bonchev–Trinajstić information content (AvgIpc) is 2.26. The molecule has 0 spiro atoms. The van der Waals surface area contributed by atoms with E-state index in [0.29, 0.717) is 0 Å². The van der Waals surface area contributed by atoms with Crippen molar-refractivity contribution in [1.29, 1.82) is 0 Å². The molecular formula is C13H21FN2. The van der Waals surface area contributed by atoms with Crippen molar-refractivity contribution in [2.24, 2.45) is 5.73 Å². The first-order chi connectivity index (χ1) is 7.60. The van der Waals surface area contributed by atoms with Crippen LogP contribution in [0.2, 0.25) is 0 Å². The molecule has 0 aromatic heterocycles. The Labute approximate surface area is 97.3 Å². The summed E-state index contributed by atoms with van der Waals surface area (Å²) < 4.78 is 13.2. The summed E-state index contributed by atoms with van der Waals surface area (Å²) in [5, 5.41) is 0. The minimum atomic E-state index is -0.219. The second-order valence-electron chi connectivity index (χ2n) is 4.07. The van der Waals surface area contributed by atoms with E-state index >= 15 is 0 Å². The molecule has 3 heteroatoms. The molecule has 0 aliphatic heterocycles. The fourth-order valence-corrected chi connectivity index (χ4v) is 1.90. The van der Waals surface area contributed by atoms with Gasteiger partial charge in [0, 0.05) is 24.8 Å². The maximum absolute atomic E-state index is 13.2. The van der Waals surface area contributed by atoms with Crippen LogP contribution < -0.4 is 10.6 Å². The van der Waals surface area contributed by atoms with E-state index in [9.17, 15) is 4.39 Å². The van der Waals surface area contributed by atoms with Crippen LogP contribution in [-0.2, 0) is 0 Å². The first-order valence-corrected chi connectivity index (χ1v) is 5.90. The maximum atomic E-state index is 13.2. The third-order valence-electron chi connectivity index (χ3n) is 2.70. The van der Waals surface area contributed by atoms with Crippen molar-refractivity contribution >= 4 is 5.69 Å². The predicted molar refractivity (Wildman–Crippen MR) is 67.2 cm³/mol. The molecule has 0 fully saturated rings. The normalized spacial score (nSPS) is 12.6. The molecule has 90 valence electrons. The van der Waals surface area contributed by atoms with E-state index in [-0.39, 0.29) is 11.9 Å². The molecule has 2 N–H and O–H groups in total. The van der Waals surface area contributed by atoms with Crippen molar-refractivity contribution in [3.05, 3.63) is 29.6 Å². The van der Waals surface area contributed by atoms with E-state index < -0.39 is 0 Å². The van der Waals surface area contributed by atoms with E-state index in [4.69, 9.17) is 5.73 Å². The molecule has 0 saturated carbocycles. The molecular weight excluding hydrogens is 203 g/mol. The van der Waals surface area contributed by atoms with Gasteiger partial charge in [-0.15, -0.1) is 0 Å². The molecule has 0 bridgehead atoms. The maximum Gasteiger partial charge on any atom is 0.123 e. The molecule has 0 aliphatic rings. The van der Waals surface area contributed by atoms with Gasteiger partial charge in [0.15, 0.2) is 0 Å². The minimum absolute atomic E-state index is 0.142. The third-order valence-corrected chi connectivity index (χ3v) is 2.70. The first kappa shape index (κ1) is 13.0. The van der Waals surface area contributed by atoms with Crippen LogP contribution in [0.4, 0.5) is 10.1 Å². The van der Waals surface area contributed by atoms with Gasteiger partial charge in [0.1, 0.15) is 5.82 Å². The summed E-state index contributed by atoms with van der Waals surface area (Å²) in [7, 11) is 0. The SMILES string of the molecule is CCCN(CC)c1ccc(F)cc1[C@@H](C)N. The number of anilines is 1. The quantitative estimate of drug-likeness (QED) is 0.832. The van der Waals surface area contributed by atoms with Crippen LogP contribution in [0.15, 0.2) is 18.2 Å². The van der Waals surface area contributed by atoms with E-state index in [2.05, 4.69) is 18.7 Å². The molecule has 0 amide bonds. The highest BCUT2D eigenvalue weighted by Gasteiger charge is 2.12. The lowest BCUT2D eigenvalue weighted by Crippen LogP contribution is -2.26. The third kappa shape index (κ3) is 2.95. The van der Waals surface area contributed by atoms with Crippen LogP contribution >= 0.6 is 0 Å². The van der Waals surface area contributed by atoms with Crippen molar-refractivity contribution in [1.82, 2.24) is 0 Å². The van der Waals surface area contributed by atoms with E-state index in [1.165, 1.54) is 6.07 Å². The van der Waals surface area contributed by atoms with Gasteiger partial charge < -0.3 is 10.6 Å². The average molecular weight is 224 g/mol. The van der Waals surface area contributed by atoms with Crippen LogP contribution in [0.25, 0.3) is 0 Å². The van der Waals surface area contributed by atoms with Gasteiger partial charge in [-0.05, 0) is 44.0 Å². The van der Waals surface area contributed by atoms with Crippen molar-refractivity contribution in [2.45, 2.75) is 33.2 Å². The number of rotatable bonds is 5. The Morgan fingerprint density at radius 2 is 2.06 bits per heavy atom. The molecule has 1 rings (SSSR count). The van der Waals surface area contributed by atoms with Gasteiger partial charge in [-0.2, -0.15) is 0 Å². The largest absolute Gasteiger partial charge is 0.372 e. The second-order valence-corrected chi connectivity index (χ2v) is 4.07. The lowest BCUT2D eigenvalue weighted by Gasteiger charge is -2.26. The number of nitrogens with two attached hydrogens (primary N) is 1. The lowest BCUT2D eigenvalue weighted by atomic mass is 10.1. The van der Waals surface area contributed by atoms with E-state index in [1.54, 1.807) is 6.07 Å². The number of hydrogen-bond donors (Lipinski definition) is 1. The zero-order valence-electron chi connectivity index (χ0n) is 10.3. The van der Waals surface area contributed by atoms with Gasteiger partial charge in [0.05, 0.1) is 0 Å². The van der Waals surface area contributed by atoms with Crippen LogP contribution in [-0.4, -0.2) is 13.1 Å². The van der Waals surface area contributed by atoms with Gasteiger partial charge in [0.2, 0.25) is 0 Å². The highest BCUT2D eigenvalue weighted by atomic mass is 19.1. The molecule has 1 aromatic carbocycles. The molecule has 0 unspecified atom stereocenters. The molecule has 16 heavy (non-hydrogen) atoms. The second kappa shape index (κ2) is 5.85. The Kier molecular flexibility index (Phi) is 4.74. The van der Waals surface area contributed by atoms with E-state index in [1.807, 2.05) is 13.0 Å². The Balaban J connectivity index is 3.09. The summed E-state index contributed by atoms with van der Waals surface area (Å²) >= 11 is 0. The monoisotopic (exact) mass is 224 g/mol. The van der Waals surface area contributed by atoms with Crippen LogP contribution in [0.5, 0.6) is 0 Å². The van der Waals surface area contributed by atoms with Gasteiger partial charge in [-0.3, -0.25) is 0 Å². The Morgan fingerprint density at radius 1 is 1.38 bits per heavy atom. The zero-order chi connectivity index (χ0) is 12.1. The van der Waals surface area contributed by atoms with Crippen molar-refractivity contribution in [3.63, 3.8) is 0 Å². The molecule has 0 aliphatic carbocycles. The predicted octanol–water partition coefficient (Wildman–Crippen LogP) is 3.08. The van der Waals surface area contributed by atoms with Gasteiger partial charge >= 0.3 is 0 Å². The summed E-state index contributed by atoms with van der Waals surface area (Å²) in [4.78, 5) is 2.23. The van der Waals surface area contributed by atoms with Crippen molar-refractivity contribution in [3.8, 4) is 0 Å². The minimum Gasteiger partial charge on any atom is -0.372 e. The summed E-state index contributed by atoms with van der Waals surface area (Å²) in [5.41, 5.74) is 7.82. The van der Waals surface area contributed by atoms with Gasteiger partial charge in [-0.25, -0.2) is 4.39 Å². The fraction of sp³-hybridized carbons (Fsp3) is 0.538. The topological polar surface area (TPSA) is 29.3 Å². The van der Waals surface area contributed by atoms with E-state index in [0.717, 1.165) is 30.8 Å². The first-order valence-electron chi connectivity index (χ1n) is 5.90. The standard InChI is InChI=1S/C13H21FN2/c1-4-8-16(5-2)13-7-6-11(14)9-12(13)10(3)15/h6-7,9-10H,4-5,8,15H2,1-3H3/t10-/m1/s1. The number of benzene rings is 1. The summed E-state index contributed by atoms with van der Waals surface area (Å²) in [6, 6.07) is 4.72. The highest BCUT2D eigenvalue weighted by molar-refractivity contribution is 5.55. The molecule has 0 heterocycles. The lowest BCUT2D eigenvalue weighted by molar-refractivity contribution is 0.621. The van der Waals surface area contributed by atoms with Crippen LogP contribution in [0, 0.1) is 5.82 Å². The highest BCUT2D eigenvalue weighted by Crippen LogP contribution is 2.26. The van der Waals surface area contributed by atoms with Crippen LogP contribution in [0.3, 0.4) is 0 Å². The number of nitrogens with zero attached hydrogens (tertiary/aromatic N) is 1. The Morgan fingerprint density at radius 3 is 2.56 bits per heavy atom. The van der Waals surface area contributed by atoms with Gasteiger partial charge in [0.25, 0.3) is 0 Å². The Hall–Kier alpha value is -1.09. The number of hydrogen-bond acceptors (Lipinski definition) is 2. The molecule has 1 atom stereocenters. The summed E-state index contributed by atoms with van der Waals surface area (Å²) in [6.45, 7) is 8.01. The molecule has 0 saturated heterocycles. The number of halogens is 1. The molecule has 2 nitrogen and oxygen atoms in total.